The molecule has 1 heterocycles. The highest BCUT2D eigenvalue weighted by Crippen LogP contribution is 2.18. The first-order chi connectivity index (χ1) is 8.19. The molecule has 0 fully saturated rings. The number of hydrogen-bond donors (Lipinski definition) is 3. The van der Waals surface area contributed by atoms with Crippen LogP contribution in [-0.4, -0.2) is 16.0 Å². The molecule has 0 aliphatic carbocycles. The van der Waals surface area contributed by atoms with Crippen molar-refractivity contribution in [3.05, 3.63) is 18.2 Å². The van der Waals surface area contributed by atoms with Crippen LogP contribution < -0.4 is 11.1 Å². The molecule has 2 aromatic rings. The van der Waals surface area contributed by atoms with Gasteiger partial charge in [-0.05, 0) is 31.5 Å². The summed E-state index contributed by atoms with van der Waals surface area (Å²) in [5.41, 5.74) is 8.42. The van der Waals surface area contributed by atoms with E-state index in [0.717, 1.165) is 29.1 Å². The fourth-order valence-electron chi connectivity index (χ4n) is 1.91. The Morgan fingerprint density at radius 3 is 3.06 bits per heavy atom. The van der Waals surface area contributed by atoms with Gasteiger partial charge in [-0.1, -0.05) is 19.8 Å². The predicted octanol–water partition coefficient (Wildman–Crippen LogP) is 3.14. The third-order valence-corrected chi connectivity index (χ3v) is 2.88. The molecule has 0 amide bonds. The van der Waals surface area contributed by atoms with E-state index in [-0.39, 0.29) is 0 Å². The van der Waals surface area contributed by atoms with E-state index in [0.29, 0.717) is 6.04 Å². The van der Waals surface area contributed by atoms with Crippen LogP contribution in [0.2, 0.25) is 0 Å². The average Bonchev–Trinajstić information content (AvgIpc) is 2.67. The van der Waals surface area contributed by atoms with Gasteiger partial charge in [-0.3, -0.25) is 0 Å². The smallest absolute Gasteiger partial charge is 0.201 e. The number of rotatable bonds is 5. The van der Waals surface area contributed by atoms with Crippen molar-refractivity contribution in [2.75, 3.05) is 11.1 Å². The molecule has 4 N–H and O–H groups in total. The van der Waals surface area contributed by atoms with E-state index >= 15 is 0 Å². The van der Waals surface area contributed by atoms with Crippen LogP contribution in [0.5, 0.6) is 0 Å². The van der Waals surface area contributed by atoms with Crippen molar-refractivity contribution in [2.45, 2.75) is 39.2 Å². The van der Waals surface area contributed by atoms with Crippen LogP contribution in [0.15, 0.2) is 18.2 Å². The number of nitrogen functional groups attached to an aromatic ring is 1. The van der Waals surface area contributed by atoms with Crippen LogP contribution in [-0.2, 0) is 0 Å². The number of imidazole rings is 1. The maximum Gasteiger partial charge on any atom is 0.201 e. The Hall–Kier alpha value is -1.71. The average molecular weight is 232 g/mol. The highest BCUT2D eigenvalue weighted by atomic mass is 15.1. The number of benzene rings is 1. The molecule has 4 nitrogen and oxygen atoms in total. The number of nitrogens with two attached hydrogens (primary N) is 1. The number of nitrogens with one attached hydrogen (secondary N) is 2. The number of fused-ring (bicyclic) bond motifs is 1. The van der Waals surface area contributed by atoms with Crippen molar-refractivity contribution < 1.29 is 0 Å². The minimum absolute atomic E-state index is 0.438. The number of unbranched alkanes of at least 4 members (excludes halogenated alkanes) is 1. The summed E-state index contributed by atoms with van der Waals surface area (Å²) in [4.78, 5) is 7.72. The SMILES string of the molecule is CCCCC(C)Nc1nc2ccc(N)cc2[nH]1. The third-order valence-electron chi connectivity index (χ3n) is 2.88. The zero-order valence-electron chi connectivity index (χ0n) is 10.5. The molecular formula is C13H20N4. The maximum absolute atomic E-state index is 5.73. The summed E-state index contributed by atoms with van der Waals surface area (Å²) in [5.74, 6) is 0.828. The van der Waals surface area contributed by atoms with E-state index in [9.17, 15) is 0 Å². The Morgan fingerprint density at radius 2 is 2.29 bits per heavy atom. The summed E-state index contributed by atoms with van der Waals surface area (Å²) in [6.07, 6.45) is 3.62. The molecule has 2 rings (SSSR count). The molecule has 1 atom stereocenters. The number of anilines is 2. The Bertz CT molecular complexity index is 489. The van der Waals surface area contributed by atoms with Gasteiger partial charge in [0.25, 0.3) is 0 Å². The molecular weight excluding hydrogens is 212 g/mol. The second-order valence-corrected chi connectivity index (χ2v) is 4.55. The lowest BCUT2D eigenvalue weighted by molar-refractivity contribution is 0.642. The van der Waals surface area contributed by atoms with E-state index in [1.165, 1.54) is 12.8 Å². The molecule has 0 spiro atoms. The van der Waals surface area contributed by atoms with Gasteiger partial charge < -0.3 is 16.0 Å². The van der Waals surface area contributed by atoms with Gasteiger partial charge in [0.05, 0.1) is 11.0 Å². The van der Waals surface area contributed by atoms with Crippen molar-refractivity contribution in [1.29, 1.82) is 0 Å². The molecule has 0 bridgehead atoms. The van der Waals surface area contributed by atoms with Crippen LogP contribution in [0.25, 0.3) is 11.0 Å². The fourth-order valence-corrected chi connectivity index (χ4v) is 1.91. The molecule has 17 heavy (non-hydrogen) atoms. The number of nitrogens with zero attached hydrogens (tertiary/aromatic N) is 1. The maximum atomic E-state index is 5.73. The van der Waals surface area contributed by atoms with Crippen LogP contribution in [0.1, 0.15) is 33.1 Å². The van der Waals surface area contributed by atoms with Crippen molar-refractivity contribution in [3.63, 3.8) is 0 Å². The van der Waals surface area contributed by atoms with Crippen LogP contribution >= 0.6 is 0 Å². The molecule has 0 aliphatic heterocycles. The second-order valence-electron chi connectivity index (χ2n) is 4.55. The molecule has 0 radical (unpaired) electrons. The van der Waals surface area contributed by atoms with Crippen molar-refractivity contribution in [1.82, 2.24) is 9.97 Å². The van der Waals surface area contributed by atoms with Crippen molar-refractivity contribution in [3.8, 4) is 0 Å². The summed E-state index contributed by atoms with van der Waals surface area (Å²) in [5, 5.41) is 3.38. The van der Waals surface area contributed by atoms with E-state index in [1.54, 1.807) is 0 Å². The van der Waals surface area contributed by atoms with Crippen LogP contribution in [0, 0.1) is 0 Å². The topological polar surface area (TPSA) is 66.7 Å². The standard InChI is InChI=1S/C13H20N4/c1-3-4-5-9(2)15-13-16-11-7-6-10(14)8-12(11)17-13/h6-9H,3-5,14H2,1-2H3,(H2,15,16,17). The largest absolute Gasteiger partial charge is 0.399 e. The lowest BCUT2D eigenvalue weighted by atomic mass is 10.1. The number of H-pyrrole nitrogens is 1. The molecule has 0 saturated carbocycles. The molecule has 4 heteroatoms. The van der Waals surface area contributed by atoms with Gasteiger partial charge in [0, 0.05) is 11.7 Å². The quantitative estimate of drug-likeness (QED) is 0.694. The number of aromatic nitrogens is 2. The predicted molar refractivity (Wildman–Crippen MR) is 73.1 cm³/mol. The van der Waals surface area contributed by atoms with Gasteiger partial charge >= 0.3 is 0 Å². The van der Waals surface area contributed by atoms with E-state index in [4.69, 9.17) is 5.73 Å². The van der Waals surface area contributed by atoms with Gasteiger partial charge in [-0.25, -0.2) is 4.98 Å². The first kappa shape index (κ1) is 11.8. The lowest BCUT2D eigenvalue weighted by Gasteiger charge is -2.11. The summed E-state index contributed by atoms with van der Waals surface area (Å²) in [6.45, 7) is 4.38. The highest BCUT2D eigenvalue weighted by Gasteiger charge is 2.06. The van der Waals surface area contributed by atoms with E-state index in [1.807, 2.05) is 18.2 Å². The number of aromatic amines is 1. The molecule has 0 aliphatic rings. The second kappa shape index (κ2) is 5.08. The fraction of sp³-hybridized carbons (Fsp3) is 0.462. The first-order valence-electron chi connectivity index (χ1n) is 6.21. The highest BCUT2D eigenvalue weighted by molar-refractivity contribution is 5.80. The Kier molecular flexibility index (Phi) is 3.52. The Balaban J connectivity index is 2.08. The summed E-state index contributed by atoms with van der Waals surface area (Å²) >= 11 is 0. The minimum Gasteiger partial charge on any atom is -0.399 e. The third kappa shape index (κ3) is 2.90. The zero-order valence-corrected chi connectivity index (χ0v) is 10.5. The van der Waals surface area contributed by atoms with Gasteiger partial charge in [0.1, 0.15) is 0 Å². The summed E-state index contributed by atoms with van der Waals surface area (Å²) in [6, 6.07) is 6.15. The van der Waals surface area contributed by atoms with E-state index in [2.05, 4.69) is 29.1 Å². The van der Waals surface area contributed by atoms with Gasteiger partial charge in [0.2, 0.25) is 5.95 Å². The zero-order chi connectivity index (χ0) is 12.3. The molecule has 1 aromatic heterocycles. The normalized spacial score (nSPS) is 12.8. The number of hydrogen-bond acceptors (Lipinski definition) is 3. The summed E-state index contributed by atoms with van der Waals surface area (Å²) in [7, 11) is 0. The molecule has 1 aromatic carbocycles. The minimum atomic E-state index is 0.438. The van der Waals surface area contributed by atoms with Crippen molar-refractivity contribution >= 4 is 22.7 Å². The van der Waals surface area contributed by atoms with Gasteiger partial charge in [-0.2, -0.15) is 0 Å². The molecule has 0 saturated heterocycles. The first-order valence-corrected chi connectivity index (χ1v) is 6.21. The van der Waals surface area contributed by atoms with Crippen molar-refractivity contribution in [2.24, 2.45) is 0 Å². The van der Waals surface area contributed by atoms with Gasteiger partial charge in [-0.15, -0.1) is 0 Å². The van der Waals surface area contributed by atoms with Gasteiger partial charge in [0.15, 0.2) is 0 Å². The van der Waals surface area contributed by atoms with Crippen LogP contribution in [0.3, 0.4) is 0 Å². The lowest BCUT2D eigenvalue weighted by Crippen LogP contribution is -2.15. The molecule has 92 valence electrons. The summed E-state index contributed by atoms with van der Waals surface area (Å²) < 4.78 is 0. The Labute approximate surface area is 102 Å². The Morgan fingerprint density at radius 1 is 1.47 bits per heavy atom. The van der Waals surface area contributed by atoms with E-state index < -0.39 is 0 Å². The molecule has 1 unspecified atom stereocenters. The van der Waals surface area contributed by atoms with Crippen LogP contribution in [0.4, 0.5) is 11.6 Å². The monoisotopic (exact) mass is 232 g/mol.